The number of nitrogens with zero attached hydrogens (tertiary/aromatic N) is 3. The molecular weight excluding hydrogens is 402 g/mol. The van der Waals surface area contributed by atoms with Gasteiger partial charge in [-0.15, -0.1) is 0 Å². The molecular formula is C26H29N3O3. The fourth-order valence-electron chi connectivity index (χ4n) is 4.75. The van der Waals surface area contributed by atoms with Gasteiger partial charge in [0.25, 0.3) is 5.91 Å². The molecule has 0 spiro atoms. The van der Waals surface area contributed by atoms with Gasteiger partial charge in [-0.05, 0) is 68.9 Å². The number of hydrogen-bond acceptors (Lipinski definition) is 4. The van der Waals surface area contributed by atoms with E-state index in [0.29, 0.717) is 48.0 Å². The highest BCUT2D eigenvalue weighted by Crippen LogP contribution is 2.27. The largest absolute Gasteiger partial charge is 0.436 e. The van der Waals surface area contributed by atoms with E-state index in [1.54, 1.807) is 0 Å². The van der Waals surface area contributed by atoms with E-state index >= 15 is 0 Å². The van der Waals surface area contributed by atoms with Crippen molar-refractivity contribution in [2.75, 3.05) is 26.2 Å². The van der Waals surface area contributed by atoms with Crippen LogP contribution >= 0.6 is 0 Å². The molecule has 2 aliphatic heterocycles. The molecule has 6 nitrogen and oxygen atoms in total. The standard InChI is InChI=1S/C26H29N3O3/c1-18-4-6-20(7-5-18)25-27-22-17-21(8-9-23(22)32-25)26(31)29-14-10-19(11-15-29)16-24(30)28-12-2-3-13-28/h4-9,17,19H,2-3,10-16H2,1H3. The third-order valence-corrected chi connectivity index (χ3v) is 6.76. The average molecular weight is 432 g/mol. The normalized spacial score (nSPS) is 17.3. The lowest BCUT2D eigenvalue weighted by atomic mass is 9.92. The number of piperidine rings is 1. The first-order valence-electron chi connectivity index (χ1n) is 11.6. The van der Waals surface area contributed by atoms with Crippen molar-refractivity contribution in [3.05, 3.63) is 53.6 Å². The minimum Gasteiger partial charge on any atom is -0.436 e. The summed E-state index contributed by atoms with van der Waals surface area (Å²) < 4.78 is 5.90. The highest BCUT2D eigenvalue weighted by Gasteiger charge is 2.27. The van der Waals surface area contributed by atoms with E-state index in [9.17, 15) is 9.59 Å². The van der Waals surface area contributed by atoms with Gasteiger partial charge in [-0.3, -0.25) is 9.59 Å². The zero-order valence-corrected chi connectivity index (χ0v) is 18.5. The maximum absolute atomic E-state index is 13.1. The second kappa shape index (κ2) is 8.77. The number of oxazole rings is 1. The number of carbonyl (C=O) groups excluding carboxylic acids is 2. The number of fused-ring (bicyclic) bond motifs is 1. The number of rotatable bonds is 4. The predicted octanol–water partition coefficient (Wildman–Crippen LogP) is 4.67. The Kier molecular flexibility index (Phi) is 5.68. The van der Waals surface area contributed by atoms with Crippen LogP contribution < -0.4 is 0 Å². The van der Waals surface area contributed by atoms with E-state index in [1.165, 1.54) is 5.56 Å². The zero-order valence-electron chi connectivity index (χ0n) is 18.5. The second-order valence-electron chi connectivity index (χ2n) is 9.10. The summed E-state index contributed by atoms with van der Waals surface area (Å²) in [7, 11) is 0. The fourth-order valence-corrected chi connectivity index (χ4v) is 4.75. The Morgan fingerprint density at radius 2 is 1.69 bits per heavy atom. The monoisotopic (exact) mass is 431 g/mol. The molecule has 0 radical (unpaired) electrons. The van der Waals surface area contributed by atoms with Crippen molar-refractivity contribution in [1.82, 2.24) is 14.8 Å². The number of likely N-dealkylation sites (tertiary alicyclic amines) is 2. The first-order chi connectivity index (χ1) is 15.6. The molecule has 32 heavy (non-hydrogen) atoms. The van der Waals surface area contributed by atoms with Crippen LogP contribution in [0.25, 0.3) is 22.6 Å². The van der Waals surface area contributed by atoms with Crippen LogP contribution in [0.3, 0.4) is 0 Å². The van der Waals surface area contributed by atoms with Gasteiger partial charge in [0.05, 0.1) is 0 Å². The van der Waals surface area contributed by atoms with Crippen LogP contribution in [0.2, 0.25) is 0 Å². The summed E-state index contributed by atoms with van der Waals surface area (Å²) in [4.78, 5) is 34.0. The van der Waals surface area contributed by atoms with Gasteiger partial charge < -0.3 is 14.2 Å². The van der Waals surface area contributed by atoms with E-state index < -0.39 is 0 Å². The Morgan fingerprint density at radius 1 is 0.969 bits per heavy atom. The highest BCUT2D eigenvalue weighted by atomic mass is 16.3. The molecule has 2 aliphatic rings. The van der Waals surface area contributed by atoms with Crippen molar-refractivity contribution < 1.29 is 14.0 Å². The Labute approximate surface area is 188 Å². The lowest BCUT2D eigenvalue weighted by Gasteiger charge is -2.32. The van der Waals surface area contributed by atoms with E-state index in [4.69, 9.17) is 4.42 Å². The molecule has 3 heterocycles. The van der Waals surface area contributed by atoms with Crippen LogP contribution in [0.1, 0.15) is 48.0 Å². The van der Waals surface area contributed by atoms with Gasteiger partial charge in [-0.2, -0.15) is 0 Å². The molecule has 0 saturated carbocycles. The maximum atomic E-state index is 13.1. The summed E-state index contributed by atoms with van der Waals surface area (Å²) >= 11 is 0. The van der Waals surface area contributed by atoms with Crippen LogP contribution in [0.5, 0.6) is 0 Å². The number of benzene rings is 2. The van der Waals surface area contributed by atoms with Gasteiger partial charge >= 0.3 is 0 Å². The van der Waals surface area contributed by atoms with Crippen molar-refractivity contribution in [3.8, 4) is 11.5 Å². The summed E-state index contributed by atoms with van der Waals surface area (Å²) in [6.45, 7) is 5.26. The molecule has 2 amide bonds. The van der Waals surface area contributed by atoms with Crippen molar-refractivity contribution >= 4 is 22.9 Å². The molecule has 3 aromatic rings. The van der Waals surface area contributed by atoms with Crippen molar-refractivity contribution in [1.29, 1.82) is 0 Å². The molecule has 2 saturated heterocycles. The van der Waals surface area contributed by atoms with Gasteiger partial charge in [-0.25, -0.2) is 4.98 Å². The Hall–Kier alpha value is -3.15. The maximum Gasteiger partial charge on any atom is 0.253 e. The van der Waals surface area contributed by atoms with Crippen molar-refractivity contribution in [2.24, 2.45) is 5.92 Å². The van der Waals surface area contributed by atoms with Gasteiger partial charge in [0, 0.05) is 43.7 Å². The molecule has 5 rings (SSSR count). The predicted molar refractivity (Wildman–Crippen MR) is 123 cm³/mol. The van der Waals surface area contributed by atoms with Crippen LogP contribution in [0.4, 0.5) is 0 Å². The Balaban J connectivity index is 1.23. The summed E-state index contributed by atoms with van der Waals surface area (Å²) in [6.07, 6.45) is 4.64. The molecule has 6 heteroatoms. The molecule has 2 aromatic carbocycles. The average Bonchev–Trinajstić information content (AvgIpc) is 3.49. The van der Waals surface area contributed by atoms with Crippen LogP contribution in [-0.4, -0.2) is 52.8 Å². The van der Waals surface area contributed by atoms with Gasteiger partial charge in [0.15, 0.2) is 5.58 Å². The number of hydrogen-bond donors (Lipinski definition) is 0. The van der Waals surface area contributed by atoms with Crippen molar-refractivity contribution in [2.45, 2.75) is 39.0 Å². The van der Waals surface area contributed by atoms with E-state index in [-0.39, 0.29) is 11.8 Å². The molecule has 1 aromatic heterocycles. The van der Waals surface area contributed by atoms with Crippen LogP contribution in [0.15, 0.2) is 46.9 Å². The number of carbonyl (C=O) groups is 2. The minimum absolute atomic E-state index is 0.0242. The Morgan fingerprint density at radius 3 is 2.41 bits per heavy atom. The summed E-state index contributed by atoms with van der Waals surface area (Å²) in [5, 5.41) is 0. The molecule has 0 N–H and O–H groups in total. The molecule has 0 bridgehead atoms. The summed E-state index contributed by atoms with van der Waals surface area (Å²) in [5.74, 6) is 1.25. The molecule has 2 fully saturated rings. The third kappa shape index (κ3) is 4.27. The minimum atomic E-state index is 0.0242. The third-order valence-electron chi connectivity index (χ3n) is 6.76. The van der Waals surface area contributed by atoms with E-state index in [2.05, 4.69) is 4.98 Å². The molecule has 166 valence electrons. The smallest absolute Gasteiger partial charge is 0.253 e. The lowest BCUT2D eigenvalue weighted by molar-refractivity contribution is -0.131. The number of amides is 2. The van der Waals surface area contributed by atoms with Gasteiger partial charge in [-0.1, -0.05) is 17.7 Å². The quantitative estimate of drug-likeness (QED) is 0.602. The Bertz CT molecular complexity index is 1120. The van der Waals surface area contributed by atoms with E-state index in [0.717, 1.165) is 44.3 Å². The summed E-state index contributed by atoms with van der Waals surface area (Å²) in [5.41, 5.74) is 4.11. The first kappa shape index (κ1) is 20.7. The fraction of sp³-hybridized carbons (Fsp3) is 0.423. The lowest BCUT2D eigenvalue weighted by Crippen LogP contribution is -2.40. The molecule has 0 aliphatic carbocycles. The molecule has 0 atom stereocenters. The van der Waals surface area contributed by atoms with Crippen LogP contribution in [-0.2, 0) is 4.79 Å². The van der Waals surface area contributed by atoms with Crippen molar-refractivity contribution in [3.63, 3.8) is 0 Å². The first-order valence-corrected chi connectivity index (χ1v) is 11.6. The molecule has 0 unspecified atom stereocenters. The SMILES string of the molecule is Cc1ccc(-c2nc3cc(C(=O)N4CCC(CC(=O)N5CCCC5)CC4)ccc3o2)cc1. The second-order valence-corrected chi connectivity index (χ2v) is 9.10. The highest BCUT2D eigenvalue weighted by molar-refractivity contribution is 5.97. The topological polar surface area (TPSA) is 66.7 Å². The van der Waals surface area contributed by atoms with Gasteiger partial charge in [0.1, 0.15) is 5.52 Å². The number of aryl methyl sites for hydroxylation is 1. The van der Waals surface area contributed by atoms with Gasteiger partial charge in [0.2, 0.25) is 11.8 Å². The zero-order chi connectivity index (χ0) is 22.1. The van der Waals surface area contributed by atoms with Crippen LogP contribution in [0, 0.1) is 12.8 Å². The number of aromatic nitrogens is 1. The summed E-state index contributed by atoms with van der Waals surface area (Å²) in [6, 6.07) is 13.5. The van der Waals surface area contributed by atoms with E-state index in [1.807, 2.05) is 59.2 Å².